The van der Waals surface area contributed by atoms with Gasteiger partial charge >= 0.3 is 5.97 Å². The fraction of sp³-hybridized carbons (Fsp3) is 0.417. The van der Waals surface area contributed by atoms with E-state index in [1.807, 2.05) is 0 Å². The fourth-order valence-electron chi connectivity index (χ4n) is 1.56. The van der Waals surface area contributed by atoms with Crippen molar-refractivity contribution in [1.82, 2.24) is 0 Å². The van der Waals surface area contributed by atoms with Crippen molar-refractivity contribution in [1.29, 1.82) is 0 Å². The van der Waals surface area contributed by atoms with Gasteiger partial charge in [0.05, 0.1) is 11.6 Å². The standard InChI is InChI=1S/C12H12BrFO3/c1-16-11(15)12(4-5-12)7-17-8-2-3-9(13)10(14)6-8/h2-3,6H,4-5,7H2,1H3. The highest BCUT2D eigenvalue weighted by Crippen LogP contribution is 2.47. The lowest BCUT2D eigenvalue weighted by Gasteiger charge is -2.13. The predicted molar refractivity (Wildman–Crippen MR) is 63.3 cm³/mol. The van der Waals surface area contributed by atoms with Gasteiger partial charge in [0.15, 0.2) is 0 Å². The Hall–Kier alpha value is -1.10. The molecule has 1 saturated carbocycles. The summed E-state index contributed by atoms with van der Waals surface area (Å²) in [6, 6.07) is 4.51. The lowest BCUT2D eigenvalue weighted by molar-refractivity contribution is -0.148. The average molecular weight is 303 g/mol. The number of ether oxygens (including phenoxy) is 2. The summed E-state index contributed by atoms with van der Waals surface area (Å²) in [5.74, 6) is -0.221. The van der Waals surface area contributed by atoms with Gasteiger partial charge in [0.1, 0.15) is 23.6 Å². The number of rotatable bonds is 4. The smallest absolute Gasteiger partial charge is 0.315 e. The van der Waals surface area contributed by atoms with Gasteiger partial charge in [0.25, 0.3) is 0 Å². The Balaban J connectivity index is 1.98. The maximum absolute atomic E-state index is 13.2. The zero-order valence-electron chi connectivity index (χ0n) is 9.33. The maximum atomic E-state index is 13.2. The molecule has 92 valence electrons. The van der Waals surface area contributed by atoms with Gasteiger partial charge in [0.2, 0.25) is 0 Å². The van der Waals surface area contributed by atoms with Gasteiger partial charge in [-0.15, -0.1) is 0 Å². The second kappa shape index (κ2) is 4.64. The fourth-order valence-corrected chi connectivity index (χ4v) is 1.81. The molecule has 0 unspecified atom stereocenters. The normalized spacial score (nSPS) is 16.4. The molecule has 5 heteroatoms. The summed E-state index contributed by atoms with van der Waals surface area (Å²) < 4.78 is 23.7. The first-order chi connectivity index (χ1) is 8.07. The number of methoxy groups -OCH3 is 1. The second-order valence-electron chi connectivity index (χ2n) is 4.14. The molecule has 0 atom stereocenters. The molecule has 1 aromatic rings. The minimum atomic E-state index is -0.516. The summed E-state index contributed by atoms with van der Waals surface area (Å²) in [5.41, 5.74) is -0.516. The Bertz CT molecular complexity index is 443. The molecule has 1 aliphatic carbocycles. The average Bonchev–Trinajstić information content (AvgIpc) is 3.11. The molecule has 0 aromatic heterocycles. The lowest BCUT2D eigenvalue weighted by Crippen LogP contribution is -2.24. The highest BCUT2D eigenvalue weighted by molar-refractivity contribution is 9.10. The molecular weight excluding hydrogens is 291 g/mol. The van der Waals surface area contributed by atoms with E-state index in [9.17, 15) is 9.18 Å². The molecule has 0 aliphatic heterocycles. The van der Waals surface area contributed by atoms with Crippen LogP contribution in [0.15, 0.2) is 22.7 Å². The third-order valence-electron chi connectivity index (χ3n) is 2.88. The molecule has 0 N–H and O–H groups in total. The van der Waals surface area contributed by atoms with Crippen LogP contribution in [0, 0.1) is 11.2 Å². The van der Waals surface area contributed by atoms with E-state index in [1.165, 1.54) is 13.2 Å². The van der Waals surface area contributed by atoms with Gasteiger partial charge in [0, 0.05) is 6.07 Å². The summed E-state index contributed by atoms with van der Waals surface area (Å²) in [4.78, 5) is 11.5. The van der Waals surface area contributed by atoms with Crippen LogP contribution in [0.4, 0.5) is 4.39 Å². The second-order valence-corrected chi connectivity index (χ2v) is 4.99. The number of carbonyl (C=O) groups is 1. The van der Waals surface area contributed by atoms with Crippen LogP contribution in [0.1, 0.15) is 12.8 Å². The van der Waals surface area contributed by atoms with Gasteiger partial charge in [-0.2, -0.15) is 0 Å². The zero-order chi connectivity index (χ0) is 12.5. The minimum absolute atomic E-state index is 0.237. The quantitative estimate of drug-likeness (QED) is 0.802. The summed E-state index contributed by atoms with van der Waals surface area (Å²) in [5, 5.41) is 0. The van der Waals surface area contributed by atoms with Crippen molar-refractivity contribution in [3.8, 4) is 5.75 Å². The number of carbonyl (C=O) groups excluding carboxylic acids is 1. The molecule has 1 aromatic carbocycles. The van der Waals surface area contributed by atoms with E-state index < -0.39 is 5.41 Å². The minimum Gasteiger partial charge on any atom is -0.492 e. The third-order valence-corrected chi connectivity index (χ3v) is 3.52. The van der Waals surface area contributed by atoms with E-state index in [2.05, 4.69) is 15.9 Å². The number of halogens is 2. The lowest BCUT2D eigenvalue weighted by atomic mass is 10.1. The van der Waals surface area contributed by atoms with Crippen LogP contribution in [0.25, 0.3) is 0 Å². The maximum Gasteiger partial charge on any atom is 0.315 e. The first-order valence-electron chi connectivity index (χ1n) is 5.24. The van der Waals surface area contributed by atoms with Gasteiger partial charge in [-0.1, -0.05) is 0 Å². The highest BCUT2D eigenvalue weighted by Gasteiger charge is 2.52. The topological polar surface area (TPSA) is 35.5 Å². The van der Waals surface area contributed by atoms with Crippen molar-refractivity contribution < 1.29 is 18.7 Å². The summed E-state index contributed by atoms with van der Waals surface area (Å²) >= 11 is 3.06. The van der Waals surface area contributed by atoms with E-state index in [-0.39, 0.29) is 18.4 Å². The van der Waals surface area contributed by atoms with E-state index in [1.54, 1.807) is 12.1 Å². The van der Waals surface area contributed by atoms with E-state index in [0.29, 0.717) is 10.2 Å². The van der Waals surface area contributed by atoms with Crippen LogP contribution in [-0.2, 0) is 9.53 Å². The van der Waals surface area contributed by atoms with Crippen LogP contribution < -0.4 is 4.74 Å². The first-order valence-corrected chi connectivity index (χ1v) is 6.03. The van der Waals surface area contributed by atoms with Gasteiger partial charge < -0.3 is 9.47 Å². The van der Waals surface area contributed by atoms with Crippen molar-refractivity contribution in [2.24, 2.45) is 5.41 Å². The molecule has 1 aliphatic rings. The molecule has 0 bridgehead atoms. The largest absolute Gasteiger partial charge is 0.492 e. The molecule has 1 fully saturated rings. The summed E-state index contributed by atoms with van der Waals surface area (Å²) in [7, 11) is 1.36. The van der Waals surface area contributed by atoms with E-state index >= 15 is 0 Å². The van der Waals surface area contributed by atoms with E-state index in [4.69, 9.17) is 9.47 Å². The Kier molecular flexibility index (Phi) is 3.38. The molecule has 17 heavy (non-hydrogen) atoms. The van der Waals surface area contributed by atoms with Crippen LogP contribution in [0.3, 0.4) is 0 Å². The van der Waals surface area contributed by atoms with Gasteiger partial charge in [-0.05, 0) is 40.9 Å². The molecule has 0 spiro atoms. The van der Waals surface area contributed by atoms with Gasteiger partial charge in [-0.3, -0.25) is 4.79 Å². The van der Waals surface area contributed by atoms with Crippen molar-refractivity contribution in [2.75, 3.05) is 13.7 Å². The number of esters is 1. The Morgan fingerprint density at radius 1 is 1.53 bits per heavy atom. The zero-order valence-corrected chi connectivity index (χ0v) is 10.9. The van der Waals surface area contributed by atoms with Gasteiger partial charge in [-0.25, -0.2) is 4.39 Å². The Labute approximate surface area is 107 Å². The number of benzene rings is 1. The summed E-state index contributed by atoms with van der Waals surface area (Å²) in [6.45, 7) is 0.237. The number of hydrogen-bond acceptors (Lipinski definition) is 3. The molecule has 0 radical (unpaired) electrons. The number of hydrogen-bond donors (Lipinski definition) is 0. The molecule has 2 rings (SSSR count). The molecule has 0 amide bonds. The van der Waals surface area contributed by atoms with Crippen molar-refractivity contribution >= 4 is 21.9 Å². The Morgan fingerprint density at radius 3 is 2.76 bits per heavy atom. The predicted octanol–water partition coefficient (Wildman–Crippen LogP) is 2.92. The molecule has 3 nitrogen and oxygen atoms in total. The van der Waals surface area contributed by atoms with Crippen LogP contribution in [-0.4, -0.2) is 19.7 Å². The first kappa shape index (κ1) is 12.4. The summed E-state index contributed by atoms with van der Waals surface area (Å²) in [6.07, 6.45) is 1.53. The molecule has 0 saturated heterocycles. The van der Waals surface area contributed by atoms with Crippen LogP contribution in [0.5, 0.6) is 5.75 Å². The monoisotopic (exact) mass is 302 g/mol. The van der Waals surface area contributed by atoms with Crippen molar-refractivity contribution in [3.05, 3.63) is 28.5 Å². The van der Waals surface area contributed by atoms with Crippen molar-refractivity contribution in [3.63, 3.8) is 0 Å². The highest BCUT2D eigenvalue weighted by atomic mass is 79.9. The van der Waals surface area contributed by atoms with E-state index in [0.717, 1.165) is 12.8 Å². The molecule has 0 heterocycles. The third kappa shape index (κ3) is 2.60. The van der Waals surface area contributed by atoms with Crippen molar-refractivity contribution in [2.45, 2.75) is 12.8 Å². The van der Waals surface area contributed by atoms with Crippen LogP contribution in [0.2, 0.25) is 0 Å². The van der Waals surface area contributed by atoms with Crippen LogP contribution >= 0.6 is 15.9 Å². The molecular formula is C12H12BrFO3. The SMILES string of the molecule is COC(=O)C1(COc2ccc(Br)c(F)c2)CC1. The Morgan fingerprint density at radius 2 is 2.24 bits per heavy atom.